The van der Waals surface area contributed by atoms with E-state index in [1.165, 1.54) is 7.11 Å². The van der Waals surface area contributed by atoms with E-state index in [0.717, 1.165) is 0 Å². The summed E-state index contributed by atoms with van der Waals surface area (Å²) in [5.74, 6) is -1.18. The number of carbonyl (C=O) groups is 3. The first-order valence-corrected chi connectivity index (χ1v) is 6.64. The summed E-state index contributed by atoms with van der Waals surface area (Å²) in [4.78, 5) is 35.7. The predicted octanol–water partition coefficient (Wildman–Crippen LogP) is 0.692. The number of hydrogen-bond donors (Lipinski definition) is 2. The lowest BCUT2D eigenvalue weighted by molar-refractivity contribution is -0.152. The molecule has 0 aromatic carbocycles. The summed E-state index contributed by atoms with van der Waals surface area (Å²) >= 11 is 0. The summed E-state index contributed by atoms with van der Waals surface area (Å²) in [5.41, 5.74) is -0.687. The van der Waals surface area contributed by atoms with Crippen LogP contribution in [0, 0.1) is 11.3 Å². The molecule has 1 fully saturated rings. The number of esters is 1. The molecule has 1 heterocycles. The largest absolute Gasteiger partial charge is 0.481 e. The first kappa shape index (κ1) is 16.3. The Hall–Kier alpha value is -1.79. The van der Waals surface area contributed by atoms with Gasteiger partial charge in [-0.25, -0.2) is 4.79 Å². The molecule has 1 aliphatic rings. The van der Waals surface area contributed by atoms with Crippen LogP contribution in [0.4, 0.5) is 4.79 Å². The Morgan fingerprint density at radius 1 is 1.45 bits per heavy atom. The van der Waals surface area contributed by atoms with E-state index in [-0.39, 0.29) is 24.3 Å². The Morgan fingerprint density at radius 2 is 2.10 bits per heavy atom. The van der Waals surface area contributed by atoms with E-state index in [9.17, 15) is 14.4 Å². The van der Waals surface area contributed by atoms with Gasteiger partial charge in [0.15, 0.2) is 0 Å². The minimum Gasteiger partial charge on any atom is -0.481 e. The van der Waals surface area contributed by atoms with E-state index < -0.39 is 11.4 Å². The van der Waals surface area contributed by atoms with Gasteiger partial charge in [-0.05, 0) is 19.3 Å². The topological polar surface area (TPSA) is 95.9 Å². The number of ether oxygens (including phenoxy) is 1. The van der Waals surface area contributed by atoms with Crippen molar-refractivity contribution in [2.45, 2.75) is 26.7 Å². The molecule has 0 unspecified atom stereocenters. The molecule has 0 saturated carbocycles. The van der Waals surface area contributed by atoms with E-state index >= 15 is 0 Å². The Kier molecular flexibility index (Phi) is 5.35. The van der Waals surface area contributed by atoms with Crippen molar-refractivity contribution >= 4 is 18.0 Å². The second-order valence-electron chi connectivity index (χ2n) is 5.42. The molecule has 20 heavy (non-hydrogen) atoms. The van der Waals surface area contributed by atoms with Gasteiger partial charge in [-0.3, -0.25) is 9.59 Å². The molecule has 7 heteroatoms. The highest BCUT2D eigenvalue weighted by atomic mass is 16.5. The van der Waals surface area contributed by atoms with Crippen LogP contribution in [0.1, 0.15) is 26.7 Å². The number of carbonyl (C=O) groups excluding carboxylic acids is 2. The van der Waals surface area contributed by atoms with Gasteiger partial charge in [0.1, 0.15) is 0 Å². The van der Waals surface area contributed by atoms with Crippen LogP contribution >= 0.6 is 0 Å². The van der Waals surface area contributed by atoms with Gasteiger partial charge >= 0.3 is 18.0 Å². The number of carboxylic acids is 1. The van der Waals surface area contributed by atoms with Crippen molar-refractivity contribution < 1.29 is 24.2 Å². The summed E-state index contributed by atoms with van der Waals surface area (Å²) < 4.78 is 4.80. The summed E-state index contributed by atoms with van der Waals surface area (Å²) in [6.45, 7) is 4.81. The van der Waals surface area contributed by atoms with Crippen molar-refractivity contribution in [2.24, 2.45) is 11.3 Å². The summed E-state index contributed by atoms with van der Waals surface area (Å²) in [6, 6.07) is -0.269. The Labute approximate surface area is 118 Å². The molecular formula is C13H22N2O5. The smallest absolute Gasteiger partial charge is 0.317 e. The van der Waals surface area contributed by atoms with Gasteiger partial charge in [0.25, 0.3) is 0 Å². The molecule has 0 aromatic rings. The number of aliphatic carboxylic acids is 1. The van der Waals surface area contributed by atoms with Gasteiger partial charge < -0.3 is 20.1 Å². The van der Waals surface area contributed by atoms with Gasteiger partial charge in [-0.2, -0.15) is 0 Å². The number of rotatable bonds is 5. The number of amides is 2. The van der Waals surface area contributed by atoms with Crippen LogP contribution in [-0.4, -0.2) is 54.7 Å². The van der Waals surface area contributed by atoms with Crippen LogP contribution in [0.15, 0.2) is 0 Å². The molecule has 0 aromatic heterocycles. The third kappa shape index (κ3) is 3.61. The molecule has 2 amide bonds. The van der Waals surface area contributed by atoms with Crippen LogP contribution in [0.25, 0.3) is 0 Å². The first-order valence-electron chi connectivity index (χ1n) is 6.64. The fourth-order valence-electron chi connectivity index (χ4n) is 2.35. The zero-order chi connectivity index (χ0) is 15.3. The Morgan fingerprint density at radius 3 is 2.65 bits per heavy atom. The fourth-order valence-corrected chi connectivity index (χ4v) is 2.35. The first-order chi connectivity index (χ1) is 9.31. The number of methoxy groups -OCH3 is 1. The number of nitrogens with zero attached hydrogens (tertiary/aromatic N) is 1. The lowest BCUT2D eigenvalue weighted by atomic mass is 9.81. The second kappa shape index (κ2) is 6.58. The number of likely N-dealkylation sites (tertiary alicyclic amines) is 1. The van der Waals surface area contributed by atoms with Crippen molar-refractivity contribution in [2.75, 3.05) is 26.7 Å². The molecule has 1 saturated heterocycles. The molecule has 2 N–H and O–H groups in total. The molecule has 1 rings (SSSR count). The normalized spacial score (nSPS) is 25.4. The van der Waals surface area contributed by atoms with Crippen molar-refractivity contribution in [3.63, 3.8) is 0 Å². The molecule has 114 valence electrons. The van der Waals surface area contributed by atoms with Crippen molar-refractivity contribution in [3.8, 4) is 0 Å². The summed E-state index contributed by atoms with van der Waals surface area (Å²) in [7, 11) is 1.34. The van der Waals surface area contributed by atoms with E-state index in [1.54, 1.807) is 11.8 Å². The average molecular weight is 286 g/mol. The Balaban J connectivity index is 2.48. The maximum Gasteiger partial charge on any atom is 0.317 e. The highest BCUT2D eigenvalue weighted by Gasteiger charge is 2.48. The highest BCUT2D eigenvalue weighted by Crippen LogP contribution is 2.36. The minimum absolute atomic E-state index is 0.0136. The number of carboxylic acid groups (broad SMARTS) is 1. The van der Waals surface area contributed by atoms with Crippen LogP contribution in [-0.2, 0) is 14.3 Å². The lowest BCUT2D eigenvalue weighted by Gasteiger charge is -2.24. The highest BCUT2D eigenvalue weighted by molar-refractivity contribution is 5.81. The van der Waals surface area contributed by atoms with Gasteiger partial charge in [-0.15, -0.1) is 0 Å². The van der Waals surface area contributed by atoms with E-state index in [1.807, 2.05) is 6.92 Å². The van der Waals surface area contributed by atoms with Crippen molar-refractivity contribution in [1.82, 2.24) is 10.2 Å². The fraction of sp³-hybridized carbons (Fsp3) is 0.769. The van der Waals surface area contributed by atoms with E-state index in [0.29, 0.717) is 26.1 Å². The summed E-state index contributed by atoms with van der Waals surface area (Å²) in [6.07, 6.45) is 0.412. The van der Waals surface area contributed by atoms with Crippen molar-refractivity contribution in [3.05, 3.63) is 0 Å². The molecule has 7 nitrogen and oxygen atoms in total. The van der Waals surface area contributed by atoms with Gasteiger partial charge in [-0.1, -0.05) is 6.92 Å². The maximum absolute atomic E-state index is 11.9. The second-order valence-corrected chi connectivity index (χ2v) is 5.42. The number of urea groups is 1. The molecule has 0 bridgehead atoms. The standard InChI is InChI=1S/C13H22N2O5/c1-9-7-15(8-13(9,2)11(18)20-3)12(19)14-6-4-5-10(16)17/h9H,4-8H2,1-3H3,(H,14,19)(H,16,17)/t9-,13-/m1/s1. The Bertz CT molecular complexity index is 398. The third-order valence-corrected chi connectivity index (χ3v) is 3.88. The minimum atomic E-state index is -0.882. The van der Waals surface area contributed by atoms with Crippen LogP contribution < -0.4 is 5.32 Å². The summed E-state index contributed by atoms with van der Waals surface area (Å²) in [5, 5.41) is 11.2. The number of nitrogens with one attached hydrogen (secondary N) is 1. The van der Waals surface area contributed by atoms with Gasteiger partial charge in [0.05, 0.1) is 12.5 Å². The van der Waals surface area contributed by atoms with E-state index in [4.69, 9.17) is 9.84 Å². The van der Waals surface area contributed by atoms with Crippen LogP contribution in [0.3, 0.4) is 0 Å². The number of hydrogen-bond acceptors (Lipinski definition) is 4. The zero-order valence-corrected chi connectivity index (χ0v) is 12.1. The van der Waals surface area contributed by atoms with Crippen molar-refractivity contribution in [1.29, 1.82) is 0 Å². The SMILES string of the molecule is COC(=O)[C@]1(C)CN(C(=O)NCCCC(=O)O)C[C@H]1C. The molecule has 0 radical (unpaired) electrons. The van der Waals surface area contributed by atoms with Gasteiger partial charge in [0.2, 0.25) is 0 Å². The molecule has 0 spiro atoms. The molecular weight excluding hydrogens is 264 g/mol. The average Bonchev–Trinajstić information content (AvgIpc) is 2.70. The van der Waals surface area contributed by atoms with E-state index in [2.05, 4.69) is 5.32 Å². The quantitative estimate of drug-likeness (QED) is 0.572. The van der Waals surface area contributed by atoms with Crippen LogP contribution in [0.5, 0.6) is 0 Å². The zero-order valence-electron chi connectivity index (χ0n) is 12.1. The lowest BCUT2D eigenvalue weighted by Crippen LogP contribution is -2.41. The molecule has 0 aliphatic carbocycles. The van der Waals surface area contributed by atoms with Crippen LogP contribution in [0.2, 0.25) is 0 Å². The maximum atomic E-state index is 11.9. The van der Waals surface area contributed by atoms with Gasteiger partial charge in [0, 0.05) is 26.1 Å². The monoisotopic (exact) mass is 286 g/mol. The molecule has 1 aliphatic heterocycles. The predicted molar refractivity (Wildman–Crippen MR) is 71.1 cm³/mol. The molecule has 2 atom stereocenters. The third-order valence-electron chi connectivity index (χ3n) is 3.88.